The SMILES string of the molecule is CCOCCCN1C(=O)C(Nc2ccc(C(C)(C)C)cc2)=C(c2ccc(OC)cc2)C1=O. The minimum absolute atomic E-state index is 0.0303. The molecule has 32 heavy (non-hydrogen) atoms. The van der Waals surface area contributed by atoms with Gasteiger partial charge in [-0.1, -0.05) is 45.0 Å². The van der Waals surface area contributed by atoms with E-state index in [1.54, 1.807) is 31.4 Å². The molecule has 2 aromatic rings. The molecule has 0 aliphatic carbocycles. The predicted octanol–water partition coefficient (Wildman–Crippen LogP) is 4.61. The van der Waals surface area contributed by atoms with Gasteiger partial charge in [-0.3, -0.25) is 14.5 Å². The van der Waals surface area contributed by atoms with Gasteiger partial charge in [-0.05, 0) is 54.2 Å². The molecule has 1 aliphatic rings. The van der Waals surface area contributed by atoms with Gasteiger partial charge < -0.3 is 14.8 Å². The second kappa shape index (κ2) is 10.0. The van der Waals surface area contributed by atoms with Crippen molar-refractivity contribution in [3.05, 3.63) is 65.4 Å². The molecule has 1 aliphatic heterocycles. The zero-order valence-electron chi connectivity index (χ0n) is 19.5. The molecule has 0 radical (unpaired) electrons. The van der Waals surface area contributed by atoms with Crippen LogP contribution in [0, 0.1) is 0 Å². The maximum Gasteiger partial charge on any atom is 0.278 e. The van der Waals surface area contributed by atoms with Crippen molar-refractivity contribution < 1.29 is 19.1 Å². The summed E-state index contributed by atoms with van der Waals surface area (Å²) in [5.41, 5.74) is 3.32. The van der Waals surface area contributed by atoms with Gasteiger partial charge in [0, 0.05) is 25.4 Å². The Kier molecular flexibility index (Phi) is 7.36. The van der Waals surface area contributed by atoms with E-state index in [1.807, 2.05) is 31.2 Å². The summed E-state index contributed by atoms with van der Waals surface area (Å²) < 4.78 is 10.6. The van der Waals surface area contributed by atoms with Crippen molar-refractivity contribution in [3.63, 3.8) is 0 Å². The third kappa shape index (κ3) is 5.19. The molecule has 6 nitrogen and oxygen atoms in total. The lowest BCUT2D eigenvalue weighted by atomic mass is 9.87. The van der Waals surface area contributed by atoms with Gasteiger partial charge in [0.15, 0.2) is 0 Å². The van der Waals surface area contributed by atoms with Crippen molar-refractivity contribution in [1.29, 1.82) is 0 Å². The standard InChI is InChI=1S/C26H32N2O4/c1-6-32-17-7-16-28-24(29)22(18-8-14-21(31-5)15-9-18)23(25(28)30)27-20-12-10-19(11-13-20)26(2,3)4/h8-15,27H,6-7,16-17H2,1-5H3. The summed E-state index contributed by atoms with van der Waals surface area (Å²) >= 11 is 0. The highest BCUT2D eigenvalue weighted by Gasteiger charge is 2.38. The van der Waals surface area contributed by atoms with E-state index in [2.05, 4.69) is 26.1 Å². The van der Waals surface area contributed by atoms with Crippen LogP contribution >= 0.6 is 0 Å². The molecule has 0 unspecified atom stereocenters. The van der Waals surface area contributed by atoms with Crippen molar-refractivity contribution in [3.8, 4) is 5.75 Å². The Morgan fingerprint density at radius 2 is 1.59 bits per heavy atom. The number of imide groups is 1. The molecular formula is C26H32N2O4. The number of nitrogens with one attached hydrogen (secondary N) is 1. The molecule has 0 bridgehead atoms. The van der Waals surface area contributed by atoms with Gasteiger partial charge in [0.1, 0.15) is 11.4 Å². The maximum absolute atomic E-state index is 13.3. The Labute approximate surface area is 190 Å². The van der Waals surface area contributed by atoms with Crippen molar-refractivity contribution in [2.24, 2.45) is 0 Å². The first kappa shape index (κ1) is 23.5. The molecule has 6 heteroatoms. The summed E-state index contributed by atoms with van der Waals surface area (Å²) in [6, 6.07) is 15.1. The normalized spacial score (nSPS) is 14.3. The Balaban J connectivity index is 1.92. The number of carbonyl (C=O) groups excluding carboxylic acids is 2. The zero-order chi connectivity index (χ0) is 23.3. The van der Waals surface area contributed by atoms with Crippen molar-refractivity contribution >= 4 is 23.1 Å². The Morgan fingerprint density at radius 1 is 0.938 bits per heavy atom. The van der Waals surface area contributed by atoms with Gasteiger partial charge in [0.2, 0.25) is 0 Å². The van der Waals surface area contributed by atoms with Crippen LogP contribution in [0.15, 0.2) is 54.2 Å². The lowest BCUT2D eigenvalue weighted by molar-refractivity contribution is -0.137. The average Bonchev–Trinajstić information content (AvgIpc) is 3.00. The fraction of sp³-hybridized carbons (Fsp3) is 0.385. The predicted molar refractivity (Wildman–Crippen MR) is 127 cm³/mol. The van der Waals surface area contributed by atoms with Crippen LogP contribution in [0.2, 0.25) is 0 Å². The average molecular weight is 437 g/mol. The van der Waals surface area contributed by atoms with E-state index in [-0.39, 0.29) is 17.2 Å². The van der Waals surface area contributed by atoms with Crippen molar-refractivity contribution in [2.45, 2.75) is 39.5 Å². The van der Waals surface area contributed by atoms with Gasteiger partial charge >= 0.3 is 0 Å². The number of amides is 2. The van der Waals surface area contributed by atoms with Gasteiger partial charge in [-0.2, -0.15) is 0 Å². The highest BCUT2D eigenvalue weighted by atomic mass is 16.5. The molecule has 0 spiro atoms. The van der Waals surface area contributed by atoms with E-state index < -0.39 is 0 Å². The zero-order valence-corrected chi connectivity index (χ0v) is 19.5. The first-order chi connectivity index (χ1) is 15.3. The number of ether oxygens (including phenoxy) is 2. The van der Waals surface area contributed by atoms with Gasteiger partial charge in [0.25, 0.3) is 11.8 Å². The molecular weight excluding hydrogens is 404 g/mol. The molecule has 2 amide bonds. The number of carbonyl (C=O) groups is 2. The third-order valence-electron chi connectivity index (χ3n) is 5.44. The molecule has 0 fully saturated rings. The number of hydrogen-bond donors (Lipinski definition) is 1. The molecule has 0 aromatic heterocycles. The topological polar surface area (TPSA) is 67.9 Å². The number of anilines is 1. The van der Waals surface area contributed by atoms with E-state index in [0.717, 1.165) is 5.69 Å². The van der Waals surface area contributed by atoms with E-state index in [1.165, 1.54) is 10.5 Å². The van der Waals surface area contributed by atoms with Crippen molar-refractivity contribution in [2.75, 3.05) is 32.2 Å². The summed E-state index contributed by atoms with van der Waals surface area (Å²) in [6.07, 6.45) is 0.592. The first-order valence-corrected chi connectivity index (χ1v) is 11.0. The number of nitrogens with zero attached hydrogens (tertiary/aromatic N) is 1. The molecule has 170 valence electrons. The van der Waals surface area contributed by atoms with E-state index in [0.29, 0.717) is 48.8 Å². The van der Waals surface area contributed by atoms with Crippen LogP contribution in [-0.4, -0.2) is 43.6 Å². The van der Waals surface area contributed by atoms with Crippen LogP contribution in [0.25, 0.3) is 5.57 Å². The first-order valence-electron chi connectivity index (χ1n) is 11.0. The molecule has 0 saturated carbocycles. The Morgan fingerprint density at radius 3 is 2.16 bits per heavy atom. The number of methoxy groups -OCH3 is 1. The summed E-state index contributed by atoms with van der Waals surface area (Å²) in [5, 5.41) is 3.21. The molecule has 0 saturated heterocycles. The Bertz CT molecular complexity index is 986. The van der Waals surface area contributed by atoms with Crippen LogP contribution < -0.4 is 10.1 Å². The summed E-state index contributed by atoms with van der Waals surface area (Å²) in [5.74, 6) is 0.0645. The van der Waals surface area contributed by atoms with Crippen LogP contribution in [0.5, 0.6) is 5.75 Å². The highest BCUT2D eigenvalue weighted by Crippen LogP contribution is 2.32. The minimum atomic E-state index is -0.322. The molecule has 1 N–H and O–H groups in total. The van der Waals surface area contributed by atoms with E-state index in [4.69, 9.17) is 9.47 Å². The third-order valence-corrected chi connectivity index (χ3v) is 5.44. The minimum Gasteiger partial charge on any atom is -0.497 e. The quantitative estimate of drug-likeness (QED) is 0.459. The van der Waals surface area contributed by atoms with Gasteiger partial charge in [-0.15, -0.1) is 0 Å². The van der Waals surface area contributed by atoms with Crippen LogP contribution in [0.3, 0.4) is 0 Å². The second-order valence-electron chi connectivity index (χ2n) is 8.74. The van der Waals surface area contributed by atoms with Crippen molar-refractivity contribution in [1.82, 2.24) is 4.90 Å². The lowest BCUT2D eigenvalue weighted by Crippen LogP contribution is -2.34. The molecule has 2 aromatic carbocycles. The fourth-order valence-corrected chi connectivity index (χ4v) is 3.59. The number of benzene rings is 2. The van der Waals surface area contributed by atoms with Gasteiger partial charge in [-0.25, -0.2) is 0 Å². The van der Waals surface area contributed by atoms with Crippen LogP contribution in [-0.2, 0) is 19.7 Å². The number of rotatable bonds is 9. The molecule has 0 atom stereocenters. The summed E-state index contributed by atoms with van der Waals surface area (Å²) in [4.78, 5) is 27.8. The largest absolute Gasteiger partial charge is 0.497 e. The fourth-order valence-electron chi connectivity index (χ4n) is 3.59. The van der Waals surface area contributed by atoms with E-state index >= 15 is 0 Å². The van der Waals surface area contributed by atoms with Gasteiger partial charge in [0.05, 0.1) is 12.7 Å². The monoisotopic (exact) mass is 436 g/mol. The maximum atomic E-state index is 13.3. The molecule has 3 rings (SSSR count). The summed E-state index contributed by atoms with van der Waals surface area (Å²) in [7, 11) is 1.59. The highest BCUT2D eigenvalue weighted by molar-refractivity contribution is 6.36. The lowest BCUT2D eigenvalue weighted by Gasteiger charge is -2.19. The Hall–Kier alpha value is -3.12. The van der Waals surface area contributed by atoms with Crippen LogP contribution in [0.4, 0.5) is 5.69 Å². The molecule has 1 heterocycles. The summed E-state index contributed by atoms with van der Waals surface area (Å²) in [6.45, 7) is 9.79. The number of hydrogen-bond acceptors (Lipinski definition) is 5. The second-order valence-corrected chi connectivity index (χ2v) is 8.74. The van der Waals surface area contributed by atoms with E-state index in [9.17, 15) is 9.59 Å². The smallest absolute Gasteiger partial charge is 0.278 e. The van der Waals surface area contributed by atoms with Crippen LogP contribution in [0.1, 0.15) is 45.2 Å².